The van der Waals surface area contributed by atoms with Crippen molar-refractivity contribution in [3.8, 4) is 11.8 Å². The first-order valence-corrected chi connectivity index (χ1v) is 13.2. The zero-order valence-electron chi connectivity index (χ0n) is 20.5. The Bertz CT molecular complexity index is 1600. The Labute approximate surface area is 218 Å². The molecule has 0 heterocycles. The average Bonchev–Trinajstić information content (AvgIpc) is 2.86. The van der Waals surface area contributed by atoms with Crippen molar-refractivity contribution in [2.45, 2.75) is 29.8 Å². The fourth-order valence-electron chi connectivity index (χ4n) is 5.69. The number of ketones is 2. The molecule has 3 aliphatic carbocycles. The van der Waals surface area contributed by atoms with Gasteiger partial charge >= 0.3 is 10.1 Å². The predicted molar refractivity (Wildman–Crippen MR) is 135 cm³/mol. The Morgan fingerprint density at radius 3 is 2.39 bits per heavy atom. The maximum atomic E-state index is 13.7. The van der Waals surface area contributed by atoms with E-state index in [1.807, 2.05) is 0 Å². The lowest BCUT2D eigenvalue weighted by molar-refractivity contribution is -0.147. The summed E-state index contributed by atoms with van der Waals surface area (Å²) in [5, 5.41) is 42.8. The summed E-state index contributed by atoms with van der Waals surface area (Å²) in [5.74, 6) is -5.16. The third-order valence-electron chi connectivity index (χ3n) is 7.48. The number of Topliss-reactive ketones (excluding diaryl/α,β-unsaturated/α-hetero) is 2. The van der Waals surface area contributed by atoms with Crippen LogP contribution >= 0.6 is 0 Å². The minimum atomic E-state index is -4.31. The van der Waals surface area contributed by atoms with E-state index in [4.69, 9.17) is 4.18 Å². The number of fused-ring (bicyclic) bond motifs is 3. The number of carbonyl (C=O) groups is 2. The summed E-state index contributed by atoms with van der Waals surface area (Å²) in [5.41, 5.74) is -2.32. The van der Waals surface area contributed by atoms with Gasteiger partial charge in [-0.05, 0) is 48.6 Å². The van der Waals surface area contributed by atoms with Crippen LogP contribution in [0.2, 0.25) is 0 Å². The number of nitriles is 1. The second kappa shape index (κ2) is 8.72. The van der Waals surface area contributed by atoms with Crippen LogP contribution in [-0.2, 0) is 26.1 Å². The first-order chi connectivity index (χ1) is 17.9. The number of rotatable bonds is 4. The van der Waals surface area contributed by atoms with Gasteiger partial charge in [-0.2, -0.15) is 13.7 Å². The molecule has 0 radical (unpaired) electrons. The van der Waals surface area contributed by atoms with Crippen molar-refractivity contribution in [1.82, 2.24) is 0 Å². The molecule has 0 bridgehead atoms. The highest BCUT2D eigenvalue weighted by molar-refractivity contribution is 7.87. The Balaban J connectivity index is 1.70. The molecule has 0 spiro atoms. The number of hydrogen-bond acceptors (Lipinski definition) is 10. The van der Waals surface area contributed by atoms with Crippen molar-refractivity contribution >= 4 is 33.1 Å². The van der Waals surface area contributed by atoms with E-state index in [1.165, 1.54) is 30.3 Å². The van der Waals surface area contributed by atoms with Gasteiger partial charge < -0.3 is 24.4 Å². The molecule has 0 aromatic heterocycles. The van der Waals surface area contributed by atoms with Crippen LogP contribution in [0.4, 0.5) is 5.69 Å². The van der Waals surface area contributed by atoms with E-state index in [2.05, 4.69) is 0 Å². The van der Waals surface area contributed by atoms with E-state index in [9.17, 15) is 38.6 Å². The van der Waals surface area contributed by atoms with Gasteiger partial charge in [-0.25, -0.2) is 0 Å². The average molecular weight is 537 g/mol. The molecule has 3 atom stereocenters. The van der Waals surface area contributed by atoms with Gasteiger partial charge in [0.15, 0.2) is 22.9 Å². The first kappa shape index (κ1) is 25.5. The SMILES string of the molecule is CN(C)c1ccc(OS(=O)(=O)c2ccccc2)c2c1C[C@H]1C[C@H]3CC(=O)C(C#N)=C(O)[C@@]3(O)C(=O)C1=C2O. The van der Waals surface area contributed by atoms with E-state index in [1.54, 1.807) is 37.2 Å². The zero-order chi connectivity index (χ0) is 27.6. The summed E-state index contributed by atoms with van der Waals surface area (Å²) in [6.45, 7) is 0. The molecule has 2 aromatic rings. The van der Waals surface area contributed by atoms with Crippen LogP contribution < -0.4 is 9.08 Å². The summed E-state index contributed by atoms with van der Waals surface area (Å²) in [7, 11) is -0.770. The van der Waals surface area contributed by atoms with Crippen molar-refractivity contribution in [3.63, 3.8) is 0 Å². The number of carbonyl (C=O) groups excluding carboxylic acids is 2. The Morgan fingerprint density at radius 1 is 1.08 bits per heavy atom. The number of nitrogens with zero attached hydrogens (tertiary/aromatic N) is 2. The number of allylic oxidation sites excluding steroid dienone is 1. The van der Waals surface area contributed by atoms with Crippen molar-refractivity contribution in [2.24, 2.45) is 11.8 Å². The van der Waals surface area contributed by atoms with E-state index in [0.29, 0.717) is 11.3 Å². The van der Waals surface area contributed by atoms with E-state index < -0.39 is 56.2 Å². The smallest absolute Gasteiger partial charge is 0.339 e. The first-order valence-electron chi connectivity index (χ1n) is 11.8. The van der Waals surface area contributed by atoms with Gasteiger partial charge in [-0.15, -0.1) is 0 Å². The van der Waals surface area contributed by atoms with E-state index >= 15 is 0 Å². The van der Waals surface area contributed by atoms with Crippen LogP contribution in [0.1, 0.15) is 24.0 Å². The summed E-state index contributed by atoms with van der Waals surface area (Å²) in [6, 6.07) is 12.0. The lowest BCUT2D eigenvalue weighted by Gasteiger charge is -2.46. The van der Waals surface area contributed by atoms with Crippen molar-refractivity contribution < 1.29 is 37.5 Å². The maximum absolute atomic E-state index is 13.7. The molecule has 1 fully saturated rings. The lowest BCUT2D eigenvalue weighted by atomic mass is 9.59. The molecule has 3 N–H and O–H groups in total. The number of hydrogen-bond donors (Lipinski definition) is 3. The van der Waals surface area contributed by atoms with Crippen LogP contribution in [0.25, 0.3) is 5.76 Å². The van der Waals surface area contributed by atoms with Gasteiger partial charge in [0.2, 0.25) is 5.78 Å². The monoisotopic (exact) mass is 536 g/mol. The lowest BCUT2D eigenvalue weighted by Crippen LogP contribution is -2.57. The van der Waals surface area contributed by atoms with Crippen LogP contribution in [-0.4, -0.2) is 55.0 Å². The number of benzene rings is 2. The number of anilines is 1. The van der Waals surface area contributed by atoms with Gasteiger partial charge in [-0.1, -0.05) is 18.2 Å². The van der Waals surface area contributed by atoms with Gasteiger partial charge in [0, 0.05) is 37.7 Å². The highest BCUT2D eigenvalue weighted by Crippen LogP contribution is 2.53. The summed E-state index contributed by atoms with van der Waals surface area (Å²) in [4.78, 5) is 27.8. The van der Waals surface area contributed by atoms with Crippen LogP contribution in [0.15, 0.2) is 64.3 Å². The molecule has 2 aromatic carbocycles. The van der Waals surface area contributed by atoms with Crippen LogP contribution in [0, 0.1) is 23.2 Å². The highest BCUT2D eigenvalue weighted by Gasteiger charge is 2.60. The van der Waals surface area contributed by atoms with Crippen molar-refractivity contribution in [1.29, 1.82) is 5.26 Å². The fraction of sp³-hybridized carbons (Fsp3) is 0.296. The molecule has 5 rings (SSSR count). The van der Waals surface area contributed by atoms with Gasteiger partial charge in [-0.3, -0.25) is 9.59 Å². The molecular formula is C27H24N2O8S. The fourth-order valence-corrected chi connectivity index (χ4v) is 6.66. The Kier molecular flexibility index (Phi) is 5.85. The molecule has 0 saturated heterocycles. The quantitative estimate of drug-likeness (QED) is 0.495. The summed E-state index contributed by atoms with van der Waals surface area (Å²) in [6.07, 6.45) is -0.0750. The number of aliphatic hydroxyl groups is 3. The highest BCUT2D eigenvalue weighted by atomic mass is 32.2. The third kappa shape index (κ3) is 3.60. The van der Waals surface area contributed by atoms with Gasteiger partial charge in [0.1, 0.15) is 22.3 Å². The van der Waals surface area contributed by atoms with Crippen LogP contribution in [0.3, 0.4) is 0 Å². The minimum absolute atomic E-state index is 0.0202. The second-order valence-corrected chi connectivity index (χ2v) is 11.4. The van der Waals surface area contributed by atoms with Gasteiger partial charge in [0.25, 0.3) is 0 Å². The molecule has 196 valence electrons. The molecule has 0 aliphatic heterocycles. The molecule has 38 heavy (non-hydrogen) atoms. The Morgan fingerprint density at radius 2 is 1.76 bits per heavy atom. The normalized spacial score (nSPS) is 24.8. The molecule has 10 nitrogen and oxygen atoms in total. The largest absolute Gasteiger partial charge is 0.507 e. The van der Waals surface area contributed by atoms with Crippen LogP contribution in [0.5, 0.6) is 5.75 Å². The van der Waals surface area contributed by atoms with Crippen molar-refractivity contribution in [2.75, 3.05) is 19.0 Å². The predicted octanol–water partition coefficient (Wildman–Crippen LogP) is 2.59. The molecule has 1 saturated carbocycles. The third-order valence-corrected chi connectivity index (χ3v) is 8.73. The van der Waals surface area contributed by atoms with E-state index in [-0.39, 0.29) is 41.0 Å². The molecule has 0 unspecified atom stereocenters. The summed E-state index contributed by atoms with van der Waals surface area (Å²) >= 11 is 0. The van der Waals surface area contributed by atoms with E-state index in [0.717, 1.165) is 0 Å². The molecular weight excluding hydrogens is 512 g/mol. The Hall–Kier alpha value is -4.14. The summed E-state index contributed by atoms with van der Waals surface area (Å²) < 4.78 is 31.5. The molecule has 3 aliphatic rings. The molecule has 0 amide bonds. The van der Waals surface area contributed by atoms with Gasteiger partial charge in [0.05, 0.1) is 5.56 Å². The second-order valence-electron chi connectivity index (χ2n) is 9.84. The standard InChI is InChI=1S/C27H24N2O8S/c1-29(2)19-8-9-21(37-38(35,36)16-6-4-3-5-7-16)23-17(19)11-14-10-15-12-20(30)18(13-28)25(32)27(15,34)26(33)22(14)24(23)31/h3-9,14-15,31-32,34H,10-12H2,1-2H3/t14-,15+,27-/m1/s1. The molecule has 11 heteroatoms. The topological polar surface area (TPSA) is 165 Å². The number of aliphatic hydroxyl groups excluding tert-OH is 2. The maximum Gasteiger partial charge on any atom is 0.339 e. The zero-order valence-corrected chi connectivity index (χ0v) is 21.3. The van der Waals surface area contributed by atoms with Crippen molar-refractivity contribution in [3.05, 3.63) is 70.5 Å². The minimum Gasteiger partial charge on any atom is -0.507 e.